The molecule has 2 heterocycles. The number of hydrogen-bond acceptors (Lipinski definition) is 5. The lowest BCUT2D eigenvalue weighted by atomic mass is 9.89. The van der Waals surface area contributed by atoms with Gasteiger partial charge in [-0.25, -0.2) is 9.78 Å². The van der Waals surface area contributed by atoms with Crippen LogP contribution in [-0.2, 0) is 15.9 Å². The molecule has 3 aromatic rings. The molecule has 32 heavy (non-hydrogen) atoms. The maximum Gasteiger partial charge on any atom is 0.335 e. The van der Waals surface area contributed by atoms with Crippen LogP contribution in [0.5, 0.6) is 0 Å². The summed E-state index contributed by atoms with van der Waals surface area (Å²) in [7, 11) is 3.43. The third-order valence-electron chi connectivity index (χ3n) is 6.49. The zero-order valence-corrected chi connectivity index (χ0v) is 19.0. The Morgan fingerprint density at radius 1 is 1.19 bits per heavy atom. The first-order chi connectivity index (χ1) is 15.5. The minimum Gasteiger partial charge on any atom is -0.478 e. The number of piperidine rings is 1. The van der Waals surface area contributed by atoms with Gasteiger partial charge in [0, 0.05) is 39.4 Å². The molecule has 1 fully saturated rings. The number of fused-ring (bicyclic) bond motifs is 1. The van der Waals surface area contributed by atoms with Crippen LogP contribution in [-0.4, -0.2) is 65.7 Å². The van der Waals surface area contributed by atoms with Gasteiger partial charge in [0.1, 0.15) is 12.1 Å². The number of nitrogens with zero attached hydrogens (tertiary/aromatic N) is 3. The standard InChI is InChI=1S/C25H31N3O4/c1-17(32-3)27-12-9-18(10-13-27)19-5-4-6-21(15-19)28-23-8-7-20(25(29)30)16-22(23)26-24(28)11-14-31-2/h4-8,15-18H,9-14H2,1-3H3,(H,29,30). The highest BCUT2D eigenvalue weighted by atomic mass is 16.5. The number of methoxy groups -OCH3 is 2. The average Bonchev–Trinajstić information content (AvgIpc) is 3.19. The quantitative estimate of drug-likeness (QED) is 0.572. The Balaban J connectivity index is 1.67. The summed E-state index contributed by atoms with van der Waals surface area (Å²) in [5.74, 6) is 0.423. The van der Waals surface area contributed by atoms with Crippen LogP contribution in [0.4, 0.5) is 0 Å². The lowest BCUT2D eigenvalue weighted by Crippen LogP contribution is -2.40. The zero-order valence-electron chi connectivity index (χ0n) is 19.0. The fourth-order valence-electron chi connectivity index (χ4n) is 4.58. The molecule has 7 nitrogen and oxygen atoms in total. The van der Waals surface area contributed by atoms with E-state index < -0.39 is 5.97 Å². The minimum atomic E-state index is -0.948. The highest BCUT2D eigenvalue weighted by Gasteiger charge is 2.24. The summed E-state index contributed by atoms with van der Waals surface area (Å²) in [6.07, 6.45) is 2.99. The molecule has 0 bridgehead atoms. The van der Waals surface area contributed by atoms with E-state index in [1.807, 2.05) is 6.07 Å². The largest absolute Gasteiger partial charge is 0.478 e. The minimum absolute atomic E-state index is 0.152. The number of rotatable bonds is 8. The van der Waals surface area contributed by atoms with Crippen molar-refractivity contribution in [1.82, 2.24) is 14.5 Å². The van der Waals surface area contributed by atoms with E-state index in [-0.39, 0.29) is 11.8 Å². The van der Waals surface area contributed by atoms with E-state index in [9.17, 15) is 9.90 Å². The molecular weight excluding hydrogens is 406 g/mol. The summed E-state index contributed by atoms with van der Waals surface area (Å²) in [6.45, 7) is 4.69. The summed E-state index contributed by atoms with van der Waals surface area (Å²) in [5.41, 5.74) is 4.21. The fraction of sp³-hybridized carbons (Fsp3) is 0.440. The number of benzene rings is 2. The molecule has 0 spiro atoms. The Labute approximate surface area is 188 Å². The molecule has 2 aromatic carbocycles. The second-order valence-corrected chi connectivity index (χ2v) is 8.36. The van der Waals surface area contributed by atoms with Crippen molar-refractivity contribution < 1.29 is 19.4 Å². The number of ether oxygens (including phenoxy) is 2. The zero-order chi connectivity index (χ0) is 22.7. The van der Waals surface area contributed by atoms with E-state index >= 15 is 0 Å². The van der Waals surface area contributed by atoms with Crippen LogP contribution in [0.15, 0.2) is 42.5 Å². The van der Waals surface area contributed by atoms with Crippen LogP contribution >= 0.6 is 0 Å². The van der Waals surface area contributed by atoms with Gasteiger partial charge in [-0.15, -0.1) is 0 Å². The molecule has 0 amide bonds. The van der Waals surface area contributed by atoms with Gasteiger partial charge in [0.15, 0.2) is 0 Å². The van der Waals surface area contributed by atoms with Gasteiger partial charge >= 0.3 is 5.97 Å². The van der Waals surface area contributed by atoms with Crippen LogP contribution < -0.4 is 0 Å². The van der Waals surface area contributed by atoms with Crippen LogP contribution in [0.1, 0.15) is 47.4 Å². The maximum atomic E-state index is 11.4. The first kappa shape index (κ1) is 22.5. The third kappa shape index (κ3) is 4.55. The van der Waals surface area contributed by atoms with Gasteiger partial charge in [-0.2, -0.15) is 0 Å². The first-order valence-corrected chi connectivity index (χ1v) is 11.1. The van der Waals surface area contributed by atoms with Gasteiger partial charge in [0.2, 0.25) is 0 Å². The van der Waals surface area contributed by atoms with Gasteiger partial charge in [-0.05, 0) is 61.6 Å². The first-order valence-electron chi connectivity index (χ1n) is 11.1. The summed E-state index contributed by atoms with van der Waals surface area (Å²) in [6, 6.07) is 13.8. The molecule has 1 saturated heterocycles. The van der Waals surface area contributed by atoms with Crippen molar-refractivity contribution in [2.45, 2.75) is 38.3 Å². The molecule has 1 atom stereocenters. The smallest absolute Gasteiger partial charge is 0.335 e. The number of aromatic nitrogens is 2. The number of hydrogen-bond donors (Lipinski definition) is 1. The molecule has 1 aliphatic heterocycles. The van der Waals surface area contributed by atoms with E-state index in [0.717, 1.165) is 43.0 Å². The summed E-state index contributed by atoms with van der Waals surface area (Å²) in [5, 5.41) is 9.36. The average molecular weight is 438 g/mol. The van der Waals surface area contributed by atoms with Crippen molar-refractivity contribution in [2.75, 3.05) is 33.9 Å². The molecule has 0 radical (unpaired) electrons. The van der Waals surface area contributed by atoms with Crippen LogP contribution in [0.25, 0.3) is 16.7 Å². The van der Waals surface area contributed by atoms with Crippen molar-refractivity contribution in [3.8, 4) is 5.69 Å². The second kappa shape index (κ2) is 9.81. The Kier molecular flexibility index (Phi) is 6.89. The summed E-state index contributed by atoms with van der Waals surface area (Å²) >= 11 is 0. The predicted molar refractivity (Wildman–Crippen MR) is 124 cm³/mol. The van der Waals surface area contributed by atoms with Crippen LogP contribution in [0, 0.1) is 0 Å². The number of imidazole rings is 1. The summed E-state index contributed by atoms with van der Waals surface area (Å²) in [4.78, 5) is 18.5. The van der Waals surface area contributed by atoms with Gasteiger partial charge in [0.05, 0.1) is 23.2 Å². The molecule has 170 valence electrons. The fourth-order valence-corrected chi connectivity index (χ4v) is 4.58. The van der Waals surface area contributed by atoms with E-state index in [0.29, 0.717) is 24.5 Å². The Morgan fingerprint density at radius 2 is 1.97 bits per heavy atom. The van der Waals surface area contributed by atoms with Gasteiger partial charge in [-0.3, -0.25) is 9.47 Å². The number of aromatic carboxylic acids is 1. The highest BCUT2D eigenvalue weighted by molar-refractivity contribution is 5.92. The summed E-state index contributed by atoms with van der Waals surface area (Å²) < 4.78 is 12.9. The Bertz CT molecular complexity index is 1090. The van der Waals surface area contributed by atoms with Gasteiger partial charge in [0.25, 0.3) is 0 Å². The molecular formula is C25H31N3O4. The maximum absolute atomic E-state index is 11.4. The SMILES string of the molecule is COCCc1nc2cc(C(=O)O)ccc2n1-c1cccc(C2CCN(C(C)OC)CC2)c1. The molecule has 1 N–H and O–H groups in total. The van der Waals surface area contributed by atoms with Crippen molar-refractivity contribution in [1.29, 1.82) is 0 Å². The van der Waals surface area contributed by atoms with E-state index in [1.54, 1.807) is 26.4 Å². The number of likely N-dealkylation sites (tertiary alicyclic amines) is 1. The topological polar surface area (TPSA) is 76.8 Å². The third-order valence-corrected chi connectivity index (χ3v) is 6.49. The molecule has 1 aromatic heterocycles. The number of carbonyl (C=O) groups is 1. The Morgan fingerprint density at radius 3 is 2.66 bits per heavy atom. The van der Waals surface area contributed by atoms with Gasteiger partial charge in [-0.1, -0.05) is 12.1 Å². The second-order valence-electron chi connectivity index (χ2n) is 8.36. The molecule has 4 rings (SSSR count). The highest BCUT2D eigenvalue weighted by Crippen LogP contribution is 2.31. The number of carboxylic acids is 1. The molecule has 1 unspecified atom stereocenters. The van der Waals surface area contributed by atoms with Crippen molar-refractivity contribution in [2.24, 2.45) is 0 Å². The monoisotopic (exact) mass is 437 g/mol. The van der Waals surface area contributed by atoms with Crippen molar-refractivity contribution in [3.05, 3.63) is 59.4 Å². The molecule has 0 saturated carbocycles. The normalized spacial score (nSPS) is 16.5. The van der Waals surface area contributed by atoms with Crippen molar-refractivity contribution in [3.63, 3.8) is 0 Å². The van der Waals surface area contributed by atoms with E-state index in [1.165, 1.54) is 5.56 Å². The van der Waals surface area contributed by atoms with Crippen molar-refractivity contribution >= 4 is 17.0 Å². The van der Waals surface area contributed by atoms with E-state index in [2.05, 4.69) is 40.7 Å². The molecule has 0 aliphatic carbocycles. The van der Waals surface area contributed by atoms with Crippen LogP contribution in [0.3, 0.4) is 0 Å². The van der Waals surface area contributed by atoms with Gasteiger partial charge < -0.3 is 14.6 Å². The Hall–Kier alpha value is -2.74. The molecule has 1 aliphatic rings. The molecule has 7 heteroatoms. The lowest BCUT2D eigenvalue weighted by molar-refractivity contribution is -0.0305. The lowest BCUT2D eigenvalue weighted by Gasteiger charge is -2.35. The van der Waals surface area contributed by atoms with E-state index in [4.69, 9.17) is 14.5 Å². The number of carboxylic acid groups (broad SMARTS) is 1. The van der Waals surface area contributed by atoms with Crippen LogP contribution in [0.2, 0.25) is 0 Å². The predicted octanol–water partition coefficient (Wildman–Crippen LogP) is 4.08.